The van der Waals surface area contributed by atoms with Crippen LogP contribution >= 0.6 is 0 Å². The van der Waals surface area contributed by atoms with E-state index in [9.17, 15) is 10.2 Å². The van der Waals surface area contributed by atoms with E-state index < -0.39 is 12.2 Å². The highest BCUT2D eigenvalue weighted by atomic mass is 16.5. The van der Waals surface area contributed by atoms with Crippen LogP contribution in [0.15, 0.2) is 45.6 Å². The zero-order valence-electron chi connectivity index (χ0n) is 16.2. The molecule has 28 heavy (non-hydrogen) atoms. The number of nitrogens with one attached hydrogen (secondary N) is 2. The van der Waals surface area contributed by atoms with E-state index in [4.69, 9.17) is 18.3 Å². The minimum absolute atomic E-state index is 0.312. The van der Waals surface area contributed by atoms with Crippen molar-refractivity contribution in [3.8, 4) is 0 Å². The number of rotatable bonds is 12. The summed E-state index contributed by atoms with van der Waals surface area (Å²) in [6.45, 7) is 6.66. The van der Waals surface area contributed by atoms with Crippen molar-refractivity contribution >= 4 is 0 Å². The molecule has 0 radical (unpaired) electrons. The molecule has 156 valence electrons. The quantitative estimate of drug-likeness (QED) is 0.335. The second-order valence-electron chi connectivity index (χ2n) is 7.40. The summed E-state index contributed by atoms with van der Waals surface area (Å²) in [5.41, 5.74) is 0. The molecular weight excluding hydrogens is 364 g/mol. The normalized spacial score (nSPS) is 22.2. The molecule has 2 atom stereocenters. The molecule has 0 aliphatic carbocycles. The Labute approximate surface area is 165 Å². The fourth-order valence-corrected chi connectivity index (χ4v) is 3.53. The molecule has 1 fully saturated rings. The lowest BCUT2D eigenvalue weighted by molar-refractivity contribution is -1.01. The van der Waals surface area contributed by atoms with Gasteiger partial charge in [-0.25, -0.2) is 0 Å². The van der Waals surface area contributed by atoms with Crippen molar-refractivity contribution in [3.63, 3.8) is 0 Å². The Morgan fingerprint density at radius 2 is 1.21 bits per heavy atom. The van der Waals surface area contributed by atoms with Crippen molar-refractivity contribution in [2.75, 3.05) is 52.5 Å². The molecule has 2 aromatic heterocycles. The maximum absolute atomic E-state index is 10.2. The number of hydrogen-bond donors (Lipinski definition) is 4. The van der Waals surface area contributed by atoms with E-state index in [-0.39, 0.29) is 0 Å². The smallest absolute Gasteiger partial charge is 0.129 e. The Morgan fingerprint density at radius 3 is 1.57 bits per heavy atom. The molecule has 8 heteroatoms. The van der Waals surface area contributed by atoms with Crippen molar-refractivity contribution in [2.45, 2.75) is 25.4 Å². The zero-order chi connectivity index (χ0) is 19.6. The summed E-state index contributed by atoms with van der Waals surface area (Å²) in [6, 6.07) is 7.36. The molecule has 3 rings (SSSR count). The van der Waals surface area contributed by atoms with Crippen molar-refractivity contribution in [3.05, 3.63) is 48.3 Å². The third-order valence-electron chi connectivity index (χ3n) is 4.98. The van der Waals surface area contributed by atoms with Crippen LogP contribution in [0.4, 0.5) is 0 Å². The van der Waals surface area contributed by atoms with Gasteiger partial charge < -0.3 is 38.3 Å². The van der Waals surface area contributed by atoms with Gasteiger partial charge in [0.2, 0.25) is 0 Å². The molecule has 2 aromatic rings. The molecule has 1 aliphatic rings. The van der Waals surface area contributed by atoms with E-state index in [1.165, 1.54) is 9.80 Å². The average Bonchev–Trinajstić information content (AvgIpc) is 3.37. The van der Waals surface area contributed by atoms with E-state index in [0.717, 1.165) is 37.7 Å². The summed E-state index contributed by atoms with van der Waals surface area (Å²) in [4.78, 5) is 2.75. The van der Waals surface area contributed by atoms with Crippen LogP contribution in [-0.2, 0) is 22.7 Å². The van der Waals surface area contributed by atoms with E-state index >= 15 is 0 Å². The first-order valence-electron chi connectivity index (χ1n) is 9.92. The summed E-state index contributed by atoms with van der Waals surface area (Å²) in [5, 5.41) is 20.3. The molecule has 8 nitrogen and oxygen atoms in total. The van der Waals surface area contributed by atoms with Crippen LogP contribution in [0.3, 0.4) is 0 Å². The Bertz CT molecular complexity index is 569. The van der Waals surface area contributed by atoms with Gasteiger partial charge >= 0.3 is 0 Å². The SMILES string of the molecule is O[C@H](COCc1ccco1)C[NH+]1CC[NH+](C[C@@H](O)COCc2ccco2)CC1. The van der Waals surface area contributed by atoms with Crippen LogP contribution in [0.1, 0.15) is 11.5 Å². The lowest BCUT2D eigenvalue weighted by Crippen LogP contribution is -3.28. The maximum Gasteiger partial charge on any atom is 0.129 e. The van der Waals surface area contributed by atoms with Crippen LogP contribution < -0.4 is 9.80 Å². The number of aliphatic hydroxyl groups is 2. The van der Waals surface area contributed by atoms with Crippen LogP contribution in [0.5, 0.6) is 0 Å². The molecular formula is C20H32N2O6+2. The summed E-state index contributed by atoms with van der Waals surface area (Å²) in [5.74, 6) is 1.53. The molecule has 1 saturated heterocycles. The number of aliphatic hydroxyl groups excluding tert-OH is 2. The minimum Gasteiger partial charge on any atom is -0.467 e. The molecule has 0 spiro atoms. The molecule has 3 heterocycles. The molecule has 0 aromatic carbocycles. The monoisotopic (exact) mass is 396 g/mol. The number of piperazine rings is 1. The Hall–Kier alpha value is -1.68. The highest BCUT2D eigenvalue weighted by Crippen LogP contribution is 2.02. The summed E-state index contributed by atoms with van der Waals surface area (Å²) in [6.07, 6.45) is 2.27. The maximum atomic E-state index is 10.2. The van der Waals surface area contributed by atoms with E-state index in [0.29, 0.717) is 39.5 Å². The van der Waals surface area contributed by atoms with Gasteiger partial charge in [-0.1, -0.05) is 0 Å². The average molecular weight is 396 g/mol. The highest BCUT2D eigenvalue weighted by molar-refractivity contribution is 4.96. The molecule has 0 amide bonds. The first kappa shape index (κ1) is 21.0. The highest BCUT2D eigenvalue weighted by Gasteiger charge is 2.26. The third kappa shape index (κ3) is 7.38. The number of hydrogen-bond acceptors (Lipinski definition) is 6. The van der Waals surface area contributed by atoms with Gasteiger partial charge in [-0.05, 0) is 24.3 Å². The fraction of sp³-hybridized carbons (Fsp3) is 0.600. The lowest BCUT2D eigenvalue weighted by atomic mass is 10.2. The topological polar surface area (TPSA) is 94.1 Å². The van der Waals surface area contributed by atoms with Gasteiger partial charge in [-0.15, -0.1) is 0 Å². The predicted octanol–water partition coefficient (Wildman–Crippen LogP) is -1.89. The fourth-order valence-electron chi connectivity index (χ4n) is 3.53. The zero-order valence-corrected chi connectivity index (χ0v) is 16.2. The lowest BCUT2D eigenvalue weighted by Gasteiger charge is -2.31. The van der Waals surface area contributed by atoms with Gasteiger partial charge in [-0.3, -0.25) is 0 Å². The Balaban J connectivity index is 1.23. The Kier molecular flexibility index (Phi) is 8.53. The second kappa shape index (κ2) is 11.4. The van der Waals surface area contributed by atoms with Gasteiger partial charge in [0.1, 0.15) is 76.2 Å². The van der Waals surface area contributed by atoms with Crippen molar-refractivity contribution in [1.82, 2.24) is 0 Å². The second-order valence-corrected chi connectivity index (χ2v) is 7.40. The molecule has 0 saturated carbocycles. The number of furan rings is 2. The molecule has 0 bridgehead atoms. The van der Waals surface area contributed by atoms with Crippen LogP contribution in [0.2, 0.25) is 0 Å². The van der Waals surface area contributed by atoms with E-state index in [1.54, 1.807) is 12.5 Å². The van der Waals surface area contributed by atoms with E-state index in [1.807, 2.05) is 24.3 Å². The van der Waals surface area contributed by atoms with E-state index in [2.05, 4.69) is 0 Å². The van der Waals surface area contributed by atoms with Gasteiger partial charge in [-0.2, -0.15) is 0 Å². The minimum atomic E-state index is -0.480. The third-order valence-corrected chi connectivity index (χ3v) is 4.98. The molecule has 1 aliphatic heterocycles. The van der Waals surface area contributed by atoms with Crippen molar-refractivity contribution < 1.29 is 38.3 Å². The Morgan fingerprint density at radius 1 is 0.786 bits per heavy atom. The van der Waals surface area contributed by atoms with Gasteiger partial charge in [0.15, 0.2) is 0 Å². The summed E-state index contributed by atoms with van der Waals surface area (Å²) in [7, 11) is 0. The summed E-state index contributed by atoms with van der Waals surface area (Å²) >= 11 is 0. The number of quaternary nitrogens is 2. The number of ether oxygens (including phenoxy) is 2. The van der Waals surface area contributed by atoms with Gasteiger partial charge in [0, 0.05) is 0 Å². The van der Waals surface area contributed by atoms with Crippen LogP contribution in [0, 0.1) is 0 Å². The van der Waals surface area contributed by atoms with Crippen molar-refractivity contribution in [1.29, 1.82) is 0 Å². The molecule has 4 N–H and O–H groups in total. The first-order valence-corrected chi connectivity index (χ1v) is 9.92. The standard InChI is InChI=1S/C20H30N2O6/c23-17(13-25-15-19-3-1-9-27-19)11-21-5-7-22(8-6-21)12-18(24)14-26-16-20-4-2-10-28-20/h1-4,9-10,17-18,23-24H,5-8,11-16H2/p+2/t17-,18+. The van der Waals surface area contributed by atoms with Gasteiger partial charge in [0.05, 0.1) is 25.7 Å². The van der Waals surface area contributed by atoms with Gasteiger partial charge in [0.25, 0.3) is 0 Å². The van der Waals surface area contributed by atoms with Crippen LogP contribution in [-0.4, -0.2) is 74.9 Å². The summed E-state index contributed by atoms with van der Waals surface area (Å²) < 4.78 is 21.4. The largest absolute Gasteiger partial charge is 0.467 e. The molecule has 0 unspecified atom stereocenters. The first-order chi connectivity index (χ1) is 13.7. The van der Waals surface area contributed by atoms with Crippen LogP contribution in [0.25, 0.3) is 0 Å². The van der Waals surface area contributed by atoms with Crippen molar-refractivity contribution in [2.24, 2.45) is 0 Å². The predicted molar refractivity (Wildman–Crippen MR) is 99.9 cm³/mol.